The Hall–Kier alpha value is -1.26. The highest BCUT2D eigenvalue weighted by Crippen LogP contribution is 2.49. The molecule has 1 aromatic heterocycles. The molecule has 1 atom stereocenters. The first-order valence-electron chi connectivity index (χ1n) is 9.79. The molecule has 2 saturated heterocycles. The summed E-state index contributed by atoms with van der Waals surface area (Å²) in [4.78, 5) is 20.5. The van der Waals surface area contributed by atoms with Gasteiger partial charge in [-0.2, -0.15) is 0 Å². The molecular weight excluding hydrogens is 312 g/mol. The van der Waals surface area contributed by atoms with Crippen molar-refractivity contribution in [2.75, 3.05) is 26.2 Å². The zero-order valence-corrected chi connectivity index (χ0v) is 16.0. The number of ether oxygens (including phenoxy) is 1. The van der Waals surface area contributed by atoms with Crippen LogP contribution in [0.1, 0.15) is 63.4 Å². The van der Waals surface area contributed by atoms with Crippen LogP contribution in [-0.4, -0.2) is 47.5 Å². The molecule has 0 aliphatic carbocycles. The van der Waals surface area contributed by atoms with Gasteiger partial charge in [0.05, 0.1) is 5.60 Å². The van der Waals surface area contributed by atoms with Crippen molar-refractivity contribution < 1.29 is 9.53 Å². The minimum Gasteiger partial charge on any atom is -0.376 e. The first kappa shape index (κ1) is 18.5. The lowest BCUT2D eigenvalue weighted by molar-refractivity contribution is -0.113. The highest BCUT2D eigenvalue weighted by atomic mass is 16.5. The molecule has 3 heterocycles. The molecule has 4 heteroatoms. The molecule has 0 saturated carbocycles. The molecule has 0 spiro atoms. The molecule has 3 rings (SSSR count). The lowest BCUT2D eigenvalue weighted by atomic mass is 9.60. The first-order valence-corrected chi connectivity index (χ1v) is 9.79. The molecule has 0 aromatic carbocycles. The molecule has 0 bridgehead atoms. The molecule has 2 aliphatic heterocycles. The van der Waals surface area contributed by atoms with Gasteiger partial charge in [-0.25, -0.2) is 0 Å². The summed E-state index contributed by atoms with van der Waals surface area (Å²) in [6.07, 6.45) is 6.76. The number of Topliss-reactive ketones (excluding diaryl/α,β-unsaturated/α-hetero) is 1. The maximum absolute atomic E-state index is 13.6. The third-order valence-corrected chi connectivity index (χ3v) is 6.04. The van der Waals surface area contributed by atoms with Gasteiger partial charge in [-0.15, -0.1) is 0 Å². The van der Waals surface area contributed by atoms with Gasteiger partial charge in [-0.3, -0.25) is 9.78 Å². The predicted octanol–water partition coefficient (Wildman–Crippen LogP) is 3.96. The molecular formula is C21H32N2O2. The number of likely N-dealkylation sites (tertiary alicyclic amines) is 1. The summed E-state index contributed by atoms with van der Waals surface area (Å²) in [7, 11) is 0. The summed E-state index contributed by atoms with van der Waals surface area (Å²) in [6.45, 7) is 10.5. The largest absolute Gasteiger partial charge is 0.376 e. The minimum atomic E-state index is -0.325. The predicted molar refractivity (Wildman–Crippen MR) is 99.7 cm³/mol. The van der Waals surface area contributed by atoms with Crippen LogP contribution in [0.5, 0.6) is 0 Å². The summed E-state index contributed by atoms with van der Waals surface area (Å²) in [5, 5.41) is 0. The maximum Gasteiger partial charge on any atom is 0.187 e. The average Bonchev–Trinajstić information content (AvgIpc) is 2.62. The van der Waals surface area contributed by atoms with E-state index in [2.05, 4.69) is 30.7 Å². The molecule has 1 aromatic rings. The Morgan fingerprint density at radius 3 is 2.68 bits per heavy atom. The van der Waals surface area contributed by atoms with Crippen LogP contribution >= 0.6 is 0 Å². The smallest absolute Gasteiger partial charge is 0.187 e. The maximum atomic E-state index is 13.6. The summed E-state index contributed by atoms with van der Waals surface area (Å²) >= 11 is 0. The summed E-state index contributed by atoms with van der Waals surface area (Å²) in [5.74, 6) is 0.664. The minimum absolute atomic E-state index is 0.235. The third kappa shape index (κ3) is 3.95. The lowest BCUT2D eigenvalue weighted by Gasteiger charge is -2.50. The van der Waals surface area contributed by atoms with Crippen molar-refractivity contribution in [1.82, 2.24) is 9.88 Å². The van der Waals surface area contributed by atoms with Crippen molar-refractivity contribution in [3.63, 3.8) is 0 Å². The van der Waals surface area contributed by atoms with Crippen LogP contribution in [0.3, 0.4) is 0 Å². The Morgan fingerprint density at radius 1 is 1.32 bits per heavy atom. The fourth-order valence-corrected chi connectivity index (χ4v) is 4.91. The summed E-state index contributed by atoms with van der Waals surface area (Å²) in [5.41, 5.74) is 0.0497. The molecule has 1 unspecified atom stereocenters. The first-order chi connectivity index (χ1) is 12.0. The van der Waals surface area contributed by atoms with Crippen molar-refractivity contribution in [3.05, 3.63) is 30.1 Å². The van der Waals surface area contributed by atoms with E-state index in [1.165, 1.54) is 13.0 Å². The highest BCUT2D eigenvalue weighted by Gasteiger charge is 2.51. The van der Waals surface area contributed by atoms with Crippen LogP contribution < -0.4 is 0 Å². The fraction of sp³-hybridized carbons (Fsp3) is 0.714. The van der Waals surface area contributed by atoms with Crippen molar-refractivity contribution in [1.29, 1.82) is 0 Å². The van der Waals surface area contributed by atoms with E-state index in [0.29, 0.717) is 18.2 Å². The van der Waals surface area contributed by atoms with E-state index in [-0.39, 0.29) is 16.8 Å². The van der Waals surface area contributed by atoms with Crippen LogP contribution in [0, 0.1) is 11.3 Å². The van der Waals surface area contributed by atoms with E-state index in [1.807, 2.05) is 18.2 Å². The van der Waals surface area contributed by atoms with Gasteiger partial charge in [0.2, 0.25) is 0 Å². The topological polar surface area (TPSA) is 42.4 Å². The normalized spacial score (nSPS) is 28.0. The summed E-state index contributed by atoms with van der Waals surface area (Å²) < 4.78 is 5.97. The van der Waals surface area contributed by atoms with Crippen LogP contribution in [0.15, 0.2) is 24.4 Å². The van der Waals surface area contributed by atoms with Gasteiger partial charge in [-0.05, 0) is 83.6 Å². The van der Waals surface area contributed by atoms with Gasteiger partial charge in [0.15, 0.2) is 5.78 Å². The SMILES string of the molecule is CCCN1CCC(C2(C(=O)c3ccccn3)CCOC(C)(C)C2)CC1. The van der Waals surface area contributed by atoms with Crippen molar-refractivity contribution in [2.45, 2.75) is 58.5 Å². The van der Waals surface area contributed by atoms with Gasteiger partial charge < -0.3 is 9.64 Å². The van der Waals surface area contributed by atoms with E-state index in [0.717, 1.165) is 38.8 Å². The monoisotopic (exact) mass is 344 g/mol. The molecule has 0 amide bonds. The van der Waals surface area contributed by atoms with Crippen LogP contribution in [-0.2, 0) is 4.74 Å². The van der Waals surface area contributed by atoms with Crippen molar-refractivity contribution in [3.8, 4) is 0 Å². The standard InChI is InChI=1S/C21H32N2O2/c1-4-12-23-13-8-17(9-14-23)21(10-15-25-20(2,3)16-21)19(24)18-7-5-6-11-22-18/h5-7,11,17H,4,8-10,12-16H2,1-3H3. The van der Waals surface area contributed by atoms with E-state index < -0.39 is 0 Å². The number of ketones is 1. The van der Waals surface area contributed by atoms with Crippen LogP contribution in [0.25, 0.3) is 0 Å². The van der Waals surface area contributed by atoms with E-state index in [4.69, 9.17) is 4.74 Å². The number of nitrogens with zero attached hydrogens (tertiary/aromatic N) is 2. The number of hydrogen-bond acceptors (Lipinski definition) is 4. The zero-order chi connectivity index (χ0) is 17.9. The molecule has 0 N–H and O–H groups in total. The Morgan fingerprint density at radius 2 is 2.08 bits per heavy atom. The Bertz CT molecular complexity index is 579. The van der Waals surface area contributed by atoms with Gasteiger partial charge in [0, 0.05) is 18.2 Å². The number of aromatic nitrogens is 1. The number of piperidine rings is 1. The number of carbonyl (C=O) groups is 1. The average molecular weight is 344 g/mol. The quantitative estimate of drug-likeness (QED) is 0.758. The Kier molecular flexibility index (Phi) is 5.59. The zero-order valence-electron chi connectivity index (χ0n) is 16.0. The molecule has 2 aliphatic rings. The van der Waals surface area contributed by atoms with Crippen LogP contribution in [0.4, 0.5) is 0 Å². The van der Waals surface area contributed by atoms with Crippen molar-refractivity contribution in [2.24, 2.45) is 11.3 Å². The lowest BCUT2D eigenvalue weighted by Crippen LogP contribution is -2.52. The Labute approximate surface area is 152 Å². The second-order valence-corrected chi connectivity index (χ2v) is 8.35. The molecule has 138 valence electrons. The number of hydrogen-bond donors (Lipinski definition) is 0. The van der Waals surface area contributed by atoms with Gasteiger partial charge in [-0.1, -0.05) is 13.0 Å². The third-order valence-electron chi connectivity index (χ3n) is 6.04. The molecule has 0 radical (unpaired) electrons. The van der Waals surface area contributed by atoms with E-state index in [1.54, 1.807) is 6.20 Å². The van der Waals surface area contributed by atoms with Crippen molar-refractivity contribution >= 4 is 5.78 Å². The van der Waals surface area contributed by atoms with E-state index >= 15 is 0 Å². The van der Waals surface area contributed by atoms with Gasteiger partial charge in [0.1, 0.15) is 5.69 Å². The molecule has 4 nitrogen and oxygen atoms in total. The number of carbonyl (C=O) groups excluding carboxylic acids is 1. The van der Waals surface area contributed by atoms with E-state index in [9.17, 15) is 4.79 Å². The fourth-order valence-electron chi connectivity index (χ4n) is 4.91. The highest BCUT2D eigenvalue weighted by molar-refractivity contribution is 5.99. The van der Waals surface area contributed by atoms with Crippen LogP contribution in [0.2, 0.25) is 0 Å². The second kappa shape index (κ2) is 7.55. The molecule has 25 heavy (non-hydrogen) atoms. The Balaban J connectivity index is 1.87. The van der Waals surface area contributed by atoms with Gasteiger partial charge >= 0.3 is 0 Å². The number of pyridine rings is 1. The summed E-state index contributed by atoms with van der Waals surface area (Å²) in [6, 6.07) is 5.67. The second-order valence-electron chi connectivity index (χ2n) is 8.35. The number of rotatable bonds is 5. The van der Waals surface area contributed by atoms with Gasteiger partial charge in [0.25, 0.3) is 0 Å². The molecule has 2 fully saturated rings.